The Bertz CT molecular complexity index is 760. The van der Waals surface area contributed by atoms with Gasteiger partial charge in [-0.3, -0.25) is 9.69 Å². The van der Waals surface area contributed by atoms with E-state index < -0.39 is 0 Å². The summed E-state index contributed by atoms with van der Waals surface area (Å²) in [5, 5.41) is 3.02. The molecule has 7 nitrogen and oxygen atoms in total. The smallest absolute Gasteiger partial charge is 0.255 e. The highest BCUT2D eigenvalue weighted by molar-refractivity contribution is 5.97. The standard InChI is InChI=1S/C19H23N5O2/c25-18(16-4-1-3-15-5-14-26-17(15)16)20-8-9-23-10-12-24(13-11-23)19-21-6-2-7-22-19/h1-4,6-7H,5,8-14H2,(H,20,25). The molecule has 4 rings (SSSR count). The van der Waals surface area contributed by atoms with Crippen molar-refractivity contribution >= 4 is 11.9 Å². The second-order valence-corrected chi connectivity index (χ2v) is 6.53. The van der Waals surface area contributed by atoms with E-state index in [0.717, 1.165) is 56.4 Å². The molecule has 2 aromatic rings. The first-order valence-electron chi connectivity index (χ1n) is 9.08. The number of carbonyl (C=O) groups excluding carboxylic acids is 1. The van der Waals surface area contributed by atoms with Crippen LogP contribution in [0.4, 0.5) is 5.95 Å². The maximum absolute atomic E-state index is 12.4. The molecule has 2 aliphatic rings. The lowest BCUT2D eigenvalue weighted by Crippen LogP contribution is -2.49. The summed E-state index contributed by atoms with van der Waals surface area (Å²) >= 11 is 0. The molecule has 0 saturated carbocycles. The van der Waals surface area contributed by atoms with Gasteiger partial charge in [0.1, 0.15) is 5.75 Å². The largest absolute Gasteiger partial charge is 0.492 e. The van der Waals surface area contributed by atoms with E-state index >= 15 is 0 Å². The van der Waals surface area contributed by atoms with Crippen LogP contribution in [0.1, 0.15) is 15.9 Å². The third-order valence-corrected chi connectivity index (χ3v) is 4.88. The van der Waals surface area contributed by atoms with Crippen molar-refractivity contribution in [2.24, 2.45) is 0 Å². The van der Waals surface area contributed by atoms with Crippen molar-refractivity contribution in [3.63, 3.8) is 0 Å². The molecular formula is C19H23N5O2. The van der Waals surface area contributed by atoms with Gasteiger partial charge in [0.25, 0.3) is 5.91 Å². The van der Waals surface area contributed by atoms with Crippen molar-refractivity contribution in [2.45, 2.75) is 6.42 Å². The molecule has 0 unspecified atom stereocenters. The predicted molar refractivity (Wildman–Crippen MR) is 98.7 cm³/mol. The fourth-order valence-corrected chi connectivity index (χ4v) is 3.44. The molecule has 3 heterocycles. The SMILES string of the molecule is O=C(NCCN1CCN(c2ncccn2)CC1)c1cccc2c1OCC2. The van der Waals surface area contributed by atoms with E-state index in [9.17, 15) is 4.79 Å². The van der Waals surface area contributed by atoms with Crippen molar-refractivity contribution in [1.29, 1.82) is 0 Å². The molecule has 26 heavy (non-hydrogen) atoms. The Labute approximate surface area is 153 Å². The molecule has 1 aromatic heterocycles. The average molecular weight is 353 g/mol. The maximum Gasteiger partial charge on any atom is 0.255 e. The topological polar surface area (TPSA) is 70.6 Å². The minimum atomic E-state index is -0.0555. The first-order valence-corrected chi connectivity index (χ1v) is 9.08. The Morgan fingerprint density at radius 3 is 2.73 bits per heavy atom. The van der Waals surface area contributed by atoms with Crippen LogP contribution in [0.5, 0.6) is 5.75 Å². The summed E-state index contributed by atoms with van der Waals surface area (Å²) in [5.41, 5.74) is 1.77. The van der Waals surface area contributed by atoms with Crippen molar-refractivity contribution in [1.82, 2.24) is 20.2 Å². The first kappa shape index (κ1) is 16.8. The van der Waals surface area contributed by atoms with Crippen LogP contribution in [0.25, 0.3) is 0 Å². The number of nitrogens with zero attached hydrogens (tertiary/aromatic N) is 4. The minimum Gasteiger partial charge on any atom is -0.492 e. The number of carbonyl (C=O) groups is 1. The van der Waals surface area contributed by atoms with E-state index in [0.29, 0.717) is 18.7 Å². The number of rotatable bonds is 5. The molecule has 0 aliphatic carbocycles. The van der Waals surface area contributed by atoms with Gasteiger partial charge in [-0.25, -0.2) is 9.97 Å². The lowest BCUT2D eigenvalue weighted by molar-refractivity contribution is 0.0944. The molecule has 0 atom stereocenters. The molecule has 2 aliphatic heterocycles. The maximum atomic E-state index is 12.4. The fraction of sp³-hybridized carbons (Fsp3) is 0.421. The molecule has 0 radical (unpaired) electrons. The third-order valence-electron chi connectivity index (χ3n) is 4.88. The number of hydrogen-bond donors (Lipinski definition) is 1. The van der Waals surface area contributed by atoms with Gasteiger partial charge in [0.05, 0.1) is 12.2 Å². The number of benzene rings is 1. The molecule has 136 valence electrons. The number of hydrogen-bond acceptors (Lipinski definition) is 6. The normalized spacial score (nSPS) is 16.8. The van der Waals surface area contributed by atoms with Gasteiger partial charge in [0, 0.05) is 58.1 Å². The van der Waals surface area contributed by atoms with Crippen molar-refractivity contribution in [2.75, 3.05) is 50.8 Å². The summed E-state index contributed by atoms with van der Waals surface area (Å²) < 4.78 is 5.61. The summed E-state index contributed by atoms with van der Waals surface area (Å²) in [4.78, 5) is 25.6. The summed E-state index contributed by atoms with van der Waals surface area (Å²) in [6, 6.07) is 7.61. The number of anilines is 1. The summed E-state index contributed by atoms with van der Waals surface area (Å²) in [7, 11) is 0. The van der Waals surface area contributed by atoms with Crippen LogP contribution in [-0.4, -0.2) is 66.7 Å². The Hall–Kier alpha value is -2.67. The number of piperazine rings is 1. The van der Waals surface area contributed by atoms with E-state index in [-0.39, 0.29) is 5.91 Å². The quantitative estimate of drug-likeness (QED) is 0.864. The Morgan fingerprint density at radius 2 is 1.92 bits per heavy atom. The minimum absolute atomic E-state index is 0.0555. The highest BCUT2D eigenvalue weighted by Gasteiger charge is 2.21. The molecule has 1 N–H and O–H groups in total. The lowest BCUT2D eigenvalue weighted by atomic mass is 10.1. The number of amides is 1. The van der Waals surface area contributed by atoms with Crippen LogP contribution in [0.2, 0.25) is 0 Å². The van der Waals surface area contributed by atoms with Gasteiger partial charge in [-0.1, -0.05) is 12.1 Å². The van der Waals surface area contributed by atoms with Gasteiger partial charge in [0.2, 0.25) is 5.95 Å². The lowest BCUT2D eigenvalue weighted by Gasteiger charge is -2.34. The number of aromatic nitrogens is 2. The van der Waals surface area contributed by atoms with Gasteiger partial charge in [-0.2, -0.15) is 0 Å². The average Bonchev–Trinajstić information content (AvgIpc) is 3.18. The van der Waals surface area contributed by atoms with Crippen molar-refractivity contribution in [3.8, 4) is 5.75 Å². The highest BCUT2D eigenvalue weighted by atomic mass is 16.5. The van der Waals surface area contributed by atoms with Gasteiger partial charge in [0.15, 0.2) is 0 Å². The van der Waals surface area contributed by atoms with Crippen LogP contribution in [0.15, 0.2) is 36.7 Å². The summed E-state index contributed by atoms with van der Waals surface area (Å²) in [6.07, 6.45) is 4.43. The summed E-state index contributed by atoms with van der Waals surface area (Å²) in [5.74, 6) is 1.49. The molecule has 1 fully saturated rings. The Balaban J connectivity index is 1.23. The highest BCUT2D eigenvalue weighted by Crippen LogP contribution is 2.29. The van der Waals surface area contributed by atoms with E-state index in [4.69, 9.17) is 4.74 Å². The van der Waals surface area contributed by atoms with E-state index in [1.807, 2.05) is 24.3 Å². The third kappa shape index (κ3) is 3.62. The predicted octanol–water partition coefficient (Wildman–Crippen LogP) is 0.963. The van der Waals surface area contributed by atoms with Crippen LogP contribution in [0.3, 0.4) is 0 Å². The molecule has 0 bridgehead atoms. The van der Waals surface area contributed by atoms with E-state index in [2.05, 4.69) is 25.1 Å². The molecule has 1 amide bonds. The van der Waals surface area contributed by atoms with Gasteiger partial charge in [-0.05, 0) is 17.7 Å². The number of para-hydroxylation sites is 1. The van der Waals surface area contributed by atoms with Crippen LogP contribution in [-0.2, 0) is 6.42 Å². The van der Waals surface area contributed by atoms with Crippen LogP contribution in [0, 0.1) is 0 Å². The summed E-state index contributed by atoms with van der Waals surface area (Å²) in [6.45, 7) is 5.82. The number of nitrogens with one attached hydrogen (secondary N) is 1. The van der Waals surface area contributed by atoms with Crippen molar-refractivity contribution < 1.29 is 9.53 Å². The second kappa shape index (κ2) is 7.70. The zero-order valence-electron chi connectivity index (χ0n) is 14.7. The van der Waals surface area contributed by atoms with Gasteiger partial charge < -0.3 is 15.0 Å². The molecule has 1 saturated heterocycles. The first-order chi connectivity index (χ1) is 12.8. The van der Waals surface area contributed by atoms with Crippen molar-refractivity contribution in [3.05, 3.63) is 47.8 Å². The second-order valence-electron chi connectivity index (χ2n) is 6.53. The Morgan fingerprint density at radius 1 is 1.12 bits per heavy atom. The van der Waals surface area contributed by atoms with Gasteiger partial charge in [-0.15, -0.1) is 0 Å². The van der Waals surface area contributed by atoms with E-state index in [1.54, 1.807) is 12.4 Å². The molecule has 1 aromatic carbocycles. The zero-order valence-corrected chi connectivity index (χ0v) is 14.7. The van der Waals surface area contributed by atoms with Gasteiger partial charge >= 0.3 is 0 Å². The van der Waals surface area contributed by atoms with Crippen LogP contribution >= 0.6 is 0 Å². The zero-order chi connectivity index (χ0) is 17.8. The molecule has 7 heteroatoms. The van der Waals surface area contributed by atoms with E-state index in [1.165, 1.54) is 0 Å². The number of fused-ring (bicyclic) bond motifs is 1. The fourth-order valence-electron chi connectivity index (χ4n) is 3.44. The van der Waals surface area contributed by atoms with Crippen LogP contribution < -0.4 is 15.0 Å². The monoisotopic (exact) mass is 353 g/mol. The Kier molecular flexibility index (Phi) is 4.97. The number of ether oxygens (including phenoxy) is 1. The molecular weight excluding hydrogens is 330 g/mol. The molecule has 0 spiro atoms.